The van der Waals surface area contributed by atoms with Gasteiger partial charge in [-0.15, -0.1) is 0 Å². The molecule has 39 heavy (non-hydrogen) atoms. The largest absolute Gasteiger partial charge is 0.497 e. The van der Waals surface area contributed by atoms with Crippen LogP contribution >= 0.6 is 11.6 Å². The van der Waals surface area contributed by atoms with Crippen LogP contribution in [0.1, 0.15) is 77.1 Å². The summed E-state index contributed by atoms with van der Waals surface area (Å²) in [6.07, 6.45) is 8.56. The molecule has 0 aliphatic heterocycles. The number of hydrogen-bond acceptors (Lipinski definition) is 5. The first-order valence-electron chi connectivity index (χ1n) is 14.1. The number of carbonyl (C=O) groups excluding carboxylic acids is 1. The van der Waals surface area contributed by atoms with Crippen LogP contribution in [0.4, 0.5) is 0 Å². The van der Waals surface area contributed by atoms with Gasteiger partial charge in [0.25, 0.3) is 5.56 Å². The topological polar surface area (TPSA) is 67.7 Å². The second kappa shape index (κ2) is 15.0. The second-order valence-corrected chi connectivity index (χ2v) is 10.8. The lowest BCUT2D eigenvalue weighted by Crippen LogP contribution is -2.40. The summed E-state index contributed by atoms with van der Waals surface area (Å²) >= 11 is 6.24. The maximum Gasteiger partial charge on any atom is 0.266 e. The Balaban J connectivity index is 1.97. The fourth-order valence-electron chi connectivity index (χ4n) is 4.79. The zero-order valence-corrected chi connectivity index (χ0v) is 24.8. The van der Waals surface area contributed by atoms with E-state index in [0.717, 1.165) is 19.3 Å². The van der Waals surface area contributed by atoms with Crippen molar-refractivity contribution in [3.05, 3.63) is 63.7 Å². The summed E-state index contributed by atoms with van der Waals surface area (Å²) < 4.78 is 6.92. The van der Waals surface area contributed by atoms with Crippen molar-refractivity contribution in [3.63, 3.8) is 0 Å². The smallest absolute Gasteiger partial charge is 0.266 e. The van der Waals surface area contributed by atoms with Crippen LogP contribution in [-0.4, -0.2) is 59.6 Å². The first-order chi connectivity index (χ1) is 18.8. The molecule has 2 aromatic carbocycles. The van der Waals surface area contributed by atoms with Gasteiger partial charge in [0.2, 0.25) is 5.91 Å². The normalized spacial score (nSPS) is 12.2. The van der Waals surface area contributed by atoms with E-state index in [9.17, 15) is 9.59 Å². The third-order valence-electron chi connectivity index (χ3n) is 7.13. The van der Waals surface area contributed by atoms with E-state index in [4.69, 9.17) is 21.3 Å². The number of hydrogen-bond donors (Lipinski definition) is 0. The van der Waals surface area contributed by atoms with Gasteiger partial charge in [0.15, 0.2) is 0 Å². The molecule has 212 valence electrons. The van der Waals surface area contributed by atoms with Gasteiger partial charge < -0.3 is 14.5 Å². The van der Waals surface area contributed by atoms with Crippen molar-refractivity contribution < 1.29 is 9.53 Å². The molecule has 8 heteroatoms. The van der Waals surface area contributed by atoms with Gasteiger partial charge in [-0.25, -0.2) is 4.98 Å². The number of unbranched alkanes of at least 4 members (excludes halogenated alkanes) is 6. The van der Waals surface area contributed by atoms with E-state index in [-0.39, 0.29) is 11.5 Å². The highest BCUT2D eigenvalue weighted by Gasteiger charge is 2.27. The predicted octanol–water partition coefficient (Wildman–Crippen LogP) is 6.64. The van der Waals surface area contributed by atoms with Crippen molar-refractivity contribution in [1.29, 1.82) is 0 Å². The first-order valence-corrected chi connectivity index (χ1v) is 14.5. The van der Waals surface area contributed by atoms with E-state index in [1.165, 1.54) is 25.7 Å². The number of aromatic nitrogens is 2. The SMILES string of the molecule is CCCCCCCCCC(=O)N(CCN(C)C)C(C)c1nc2ccc(Cl)cc2c(=O)n1-c1ccc(OC)cc1. The molecule has 1 heterocycles. The van der Waals surface area contributed by atoms with Crippen LogP contribution in [0.3, 0.4) is 0 Å². The van der Waals surface area contributed by atoms with Crippen molar-refractivity contribution in [2.45, 2.75) is 71.3 Å². The number of likely N-dealkylation sites (N-methyl/N-ethyl adjacent to an activating group) is 1. The third kappa shape index (κ3) is 8.29. The molecule has 1 aromatic heterocycles. The van der Waals surface area contributed by atoms with Crippen molar-refractivity contribution >= 4 is 28.4 Å². The van der Waals surface area contributed by atoms with Crippen LogP contribution < -0.4 is 10.3 Å². The molecule has 0 saturated heterocycles. The number of nitrogens with zero attached hydrogens (tertiary/aromatic N) is 4. The zero-order chi connectivity index (χ0) is 28.4. The number of amides is 1. The van der Waals surface area contributed by atoms with Crippen LogP contribution in [0.5, 0.6) is 5.75 Å². The van der Waals surface area contributed by atoms with Crippen molar-refractivity contribution in [2.75, 3.05) is 34.3 Å². The average molecular weight is 555 g/mol. The van der Waals surface area contributed by atoms with Crippen molar-refractivity contribution in [3.8, 4) is 11.4 Å². The Bertz CT molecular complexity index is 1270. The quantitative estimate of drug-likeness (QED) is 0.197. The van der Waals surface area contributed by atoms with Crippen LogP contribution in [0.25, 0.3) is 16.6 Å². The van der Waals surface area contributed by atoms with Gasteiger partial charge in [-0.2, -0.15) is 0 Å². The number of methoxy groups -OCH3 is 1. The highest BCUT2D eigenvalue weighted by Crippen LogP contribution is 2.26. The molecular weight excluding hydrogens is 512 g/mol. The first kappa shape index (κ1) is 30.6. The molecule has 3 aromatic rings. The lowest BCUT2D eigenvalue weighted by atomic mass is 10.1. The highest BCUT2D eigenvalue weighted by atomic mass is 35.5. The van der Waals surface area contributed by atoms with Gasteiger partial charge in [-0.05, 0) is 69.9 Å². The Kier molecular flexibility index (Phi) is 11.8. The second-order valence-electron chi connectivity index (χ2n) is 10.4. The molecule has 1 unspecified atom stereocenters. The maximum atomic E-state index is 13.9. The fourth-order valence-corrected chi connectivity index (χ4v) is 4.97. The summed E-state index contributed by atoms with van der Waals surface area (Å²) in [7, 11) is 5.59. The molecule has 1 amide bonds. The summed E-state index contributed by atoms with van der Waals surface area (Å²) in [5, 5.41) is 0.907. The van der Waals surface area contributed by atoms with E-state index in [1.54, 1.807) is 29.9 Å². The van der Waals surface area contributed by atoms with E-state index in [1.807, 2.05) is 50.2 Å². The number of ether oxygens (including phenoxy) is 1. The molecule has 0 saturated carbocycles. The Morgan fingerprint density at radius 3 is 2.31 bits per heavy atom. The van der Waals surface area contributed by atoms with Gasteiger partial charge >= 0.3 is 0 Å². The van der Waals surface area contributed by atoms with Crippen LogP contribution in [-0.2, 0) is 4.79 Å². The minimum Gasteiger partial charge on any atom is -0.497 e. The number of halogens is 1. The molecule has 0 fully saturated rings. The number of benzene rings is 2. The van der Waals surface area contributed by atoms with Gasteiger partial charge in [0.1, 0.15) is 11.6 Å². The number of carbonyl (C=O) groups is 1. The number of fused-ring (bicyclic) bond motifs is 1. The zero-order valence-electron chi connectivity index (χ0n) is 24.1. The van der Waals surface area contributed by atoms with Gasteiger partial charge in [-0.3, -0.25) is 14.2 Å². The minimum absolute atomic E-state index is 0.0876. The van der Waals surface area contributed by atoms with Crippen LogP contribution in [0.15, 0.2) is 47.3 Å². The van der Waals surface area contributed by atoms with Crippen LogP contribution in [0.2, 0.25) is 5.02 Å². The average Bonchev–Trinajstić information content (AvgIpc) is 2.92. The van der Waals surface area contributed by atoms with E-state index in [0.29, 0.717) is 52.7 Å². The van der Waals surface area contributed by atoms with E-state index < -0.39 is 6.04 Å². The third-order valence-corrected chi connectivity index (χ3v) is 7.37. The molecule has 7 nitrogen and oxygen atoms in total. The number of rotatable bonds is 15. The predicted molar refractivity (Wildman–Crippen MR) is 160 cm³/mol. The Hall–Kier alpha value is -2.90. The van der Waals surface area contributed by atoms with Gasteiger partial charge in [-0.1, -0.05) is 57.0 Å². The highest BCUT2D eigenvalue weighted by molar-refractivity contribution is 6.31. The molecule has 0 N–H and O–H groups in total. The van der Waals surface area contributed by atoms with Gasteiger partial charge in [0.05, 0.1) is 29.7 Å². The summed E-state index contributed by atoms with van der Waals surface area (Å²) in [5.74, 6) is 1.30. The molecule has 0 aliphatic rings. The lowest BCUT2D eigenvalue weighted by molar-refractivity contribution is -0.133. The van der Waals surface area contributed by atoms with Crippen molar-refractivity contribution in [1.82, 2.24) is 19.4 Å². The summed E-state index contributed by atoms with van der Waals surface area (Å²) in [6.45, 7) is 5.43. The fraction of sp³-hybridized carbons (Fsp3) is 0.516. The summed E-state index contributed by atoms with van der Waals surface area (Å²) in [5.41, 5.74) is 0.994. The van der Waals surface area contributed by atoms with Crippen molar-refractivity contribution in [2.24, 2.45) is 0 Å². The summed E-state index contributed by atoms with van der Waals surface area (Å²) in [4.78, 5) is 36.3. The molecular formula is C31H43ClN4O3. The molecule has 0 radical (unpaired) electrons. The van der Waals surface area contributed by atoms with Crippen LogP contribution in [0, 0.1) is 0 Å². The molecule has 0 spiro atoms. The maximum absolute atomic E-state index is 13.9. The monoisotopic (exact) mass is 554 g/mol. The Morgan fingerprint density at radius 1 is 1.00 bits per heavy atom. The van der Waals surface area contributed by atoms with Gasteiger partial charge in [0, 0.05) is 24.5 Å². The minimum atomic E-state index is -0.420. The van der Waals surface area contributed by atoms with E-state index >= 15 is 0 Å². The molecule has 3 rings (SSSR count). The standard InChI is InChI=1S/C31H43ClN4O3/c1-6-7-8-9-10-11-12-13-29(37)35(21-20-34(3)4)23(2)30-33-28-19-14-24(32)22-27(28)31(38)36(30)25-15-17-26(39-5)18-16-25/h14-19,22-23H,6-13,20-21H2,1-5H3. The summed E-state index contributed by atoms with van der Waals surface area (Å²) in [6, 6.07) is 12.0. The lowest BCUT2D eigenvalue weighted by Gasteiger charge is -2.31. The Labute approximate surface area is 237 Å². The van der Waals surface area contributed by atoms with E-state index in [2.05, 4.69) is 11.8 Å². The Morgan fingerprint density at radius 2 is 1.67 bits per heavy atom. The molecule has 0 aliphatic carbocycles. The molecule has 1 atom stereocenters. The molecule has 0 bridgehead atoms.